The molecule has 0 aromatic heterocycles. The summed E-state index contributed by atoms with van der Waals surface area (Å²) in [7, 11) is 0. The third-order valence-electron chi connectivity index (χ3n) is 0.167. The second-order valence-corrected chi connectivity index (χ2v) is 0.575. The molecule has 0 aliphatic rings. The van der Waals surface area contributed by atoms with Gasteiger partial charge in [-0.2, -0.15) is 0 Å². The molecule has 5 nitrogen and oxygen atoms in total. The molecule has 0 aliphatic heterocycles. The Morgan fingerprint density at radius 2 is 1.12 bits per heavy atom. The van der Waals surface area contributed by atoms with Gasteiger partial charge in [0.05, 0.1) is 11.9 Å². The first-order chi connectivity index (χ1) is 2.64. The Hall–Kier alpha value is -0.230. The van der Waals surface area contributed by atoms with Crippen LogP contribution < -0.4 is 16.4 Å². The summed E-state index contributed by atoms with van der Waals surface area (Å²) < 4.78 is 0. The average Bonchev–Trinajstić information content (AvgIpc) is 1.36. The number of carbonyl (C=O) groups is 2. The third kappa shape index (κ3) is 9.24. The Balaban J connectivity index is -0.000000125. The summed E-state index contributed by atoms with van der Waals surface area (Å²) in [5.41, 5.74) is 0. The van der Waals surface area contributed by atoms with Crippen molar-refractivity contribution in [1.29, 1.82) is 0 Å². The fourth-order valence-electron chi connectivity index (χ4n) is 0. The van der Waals surface area contributed by atoms with Crippen LogP contribution in [-0.2, 0) is 35.4 Å². The Labute approximate surface area is 64.1 Å². The second-order valence-electron chi connectivity index (χ2n) is 0.575. The summed E-state index contributed by atoms with van der Waals surface area (Å²) in [5.74, 6) is -4.37. The third-order valence-corrected chi connectivity index (χ3v) is 0.167. The molecule has 0 aliphatic carbocycles. The first-order valence-electron chi connectivity index (χ1n) is 1.07. The van der Waals surface area contributed by atoms with Crippen molar-refractivity contribution in [1.82, 2.24) is 6.15 Å². The van der Waals surface area contributed by atoms with E-state index in [1.165, 1.54) is 0 Å². The molecule has 0 aromatic carbocycles. The molecule has 0 saturated carbocycles. The van der Waals surface area contributed by atoms with Crippen LogP contribution in [0, 0.1) is 0 Å². The topological polar surface area (TPSA) is 117 Å². The Morgan fingerprint density at radius 1 is 1.00 bits per heavy atom. The molecule has 0 saturated heterocycles. The number of aliphatic carboxylic acids is 2. The molecular weight excluding hydrogens is 281 g/mol. The van der Waals surface area contributed by atoms with Gasteiger partial charge >= 0.3 is 25.8 Å². The van der Waals surface area contributed by atoms with E-state index in [0.717, 1.165) is 0 Å². The van der Waals surface area contributed by atoms with Gasteiger partial charge in [-0.3, -0.25) is 0 Å². The van der Waals surface area contributed by atoms with Crippen molar-refractivity contribution in [2.24, 2.45) is 0 Å². The Bertz CT molecular complexity index is 80.0. The van der Waals surface area contributed by atoms with Gasteiger partial charge in [0.15, 0.2) is 0 Å². The van der Waals surface area contributed by atoms with Crippen molar-refractivity contribution in [2.75, 3.05) is 0 Å². The van der Waals surface area contributed by atoms with Crippen LogP contribution >= 0.6 is 0 Å². The number of rotatable bonds is 0. The molecule has 4 N–H and O–H groups in total. The minimum Gasteiger partial charge on any atom is -0.543 e. The van der Waals surface area contributed by atoms with Crippen molar-refractivity contribution < 1.29 is 45.6 Å². The van der Waals surface area contributed by atoms with Crippen molar-refractivity contribution >= 4 is 11.9 Å². The van der Waals surface area contributed by atoms with E-state index < -0.39 is 11.9 Å². The number of quaternary nitrogens is 1. The summed E-state index contributed by atoms with van der Waals surface area (Å²) in [5, 5.41) is 17.9. The monoisotopic (exact) mass is 286 g/mol. The van der Waals surface area contributed by atoms with E-state index in [0.29, 0.717) is 0 Å². The predicted molar refractivity (Wildman–Crippen MR) is 16.0 cm³/mol. The molecule has 8 heavy (non-hydrogen) atoms. The van der Waals surface area contributed by atoms with Crippen LogP contribution in [0.2, 0.25) is 0 Å². The smallest absolute Gasteiger partial charge is 0.543 e. The standard InChI is InChI=1S/C2H2O4.Hf.H3N/c3-1(4)2(5)6;;/h(H,3,4)(H,5,6);;1H3/q;+4;/p-1. The van der Waals surface area contributed by atoms with Crippen LogP contribution in [0.15, 0.2) is 0 Å². The zero-order valence-corrected chi connectivity index (χ0v) is 7.73. The molecule has 0 spiro atoms. The number of carbonyl (C=O) groups excluding carboxylic acids is 2. The number of hydrogen-bond acceptors (Lipinski definition) is 4. The van der Waals surface area contributed by atoms with Gasteiger partial charge in [0, 0.05) is 0 Å². The summed E-state index contributed by atoms with van der Waals surface area (Å²) in [6.07, 6.45) is 0. The first kappa shape index (κ1) is 15.7. The first-order valence-corrected chi connectivity index (χ1v) is 1.07. The molecule has 42 valence electrons. The van der Waals surface area contributed by atoms with E-state index >= 15 is 0 Å². The SMILES string of the molecule is O=C([O-])C(=O)[O-].[Hf+4].[NH4+]. The largest absolute Gasteiger partial charge is 4.00 e. The van der Waals surface area contributed by atoms with Crippen LogP contribution in [-0.4, -0.2) is 11.9 Å². The Morgan fingerprint density at radius 3 is 1.12 bits per heavy atom. The molecule has 0 unspecified atom stereocenters. The van der Waals surface area contributed by atoms with Gasteiger partial charge in [-0.15, -0.1) is 0 Å². The van der Waals surface area contributed by atoms with Gasteiger partial charge in [0.1, 0.15) is 0 Å². The molecule has 0 amide bonds. The Kier molecular flexibility index (Phi) is 13.2. The van der Waals surface area contributed by atoms with E-state index in [1.54, 1.807) is 0 Å². The van der Waals surface area contributed by atoms with Crippen LogP contribution in [0.3, 0.4) is 0 Å². The molecular formula is C2H4HfNO4+3. The van der Waals surface area contributed by atoms with Crippen molar-refractivity contribution in [3.05, 3.63) is 0 Å². The summed E-state index contributed by atoms with van der Waals surface area (Å²) >= 11 is 0. The van der Waals surface area contributed by atoms with Gasteiger partial charge in [-0.1, -0.05) is 0 Å². The second kappa shape index (κ2) is 6.77. The van der Waals surface area contributed by atoms with Crippen LogP contribution in [0.4, 0.5) is 0 Å². The van der Waals surface area contributed by atoms with E-state index in [-0.39, 0.29) is 32.0 Å². The van der Waals surface area contributed by atoms with Crippen molar-refractivity contribution in [2.45, 2.75) is 0 Å². The van der Waals surface area contributed by atoms with Crippen molar-refractivity contribution in [3.8, 4) is 0 Å². The molecule has 0 aromatic rings. The molecule has 0 fully saturated rings. The van der Waals surface area contributed by atoms with Crippen LogP contribution in [0.25, 0.3) is 0 Å². The van der Waals surface area contributed by atoms with Crippen LogP contribution in [0.5, 0.6) is 0 Å². The van der Waals surface area contributed by atoms with Gasteiger partial charge in [0.2, 0.25) is 0 Å². The molecule has 6 heteroatoms. The maximum Gasteiger partial charge on any atom is 4.00 e. The molecule has 0 rings (SSSR count). The quantitative estimate of drug-likeness (QED) is 0.373. The summed E-state index contributed by atoms with van der Waals surface area (Å²) in [6, 6.07) is 0. The zero-order valence-electron chi connectivity index (χ0n) is 4.13. The predicted octanol–water partition coefficient (Wildman–Crippen LogP) is -3.14. The maximum atomic E-state index is 8.93. The van der Waals surface area contributed by atoms with Gasteiger partial charge in [-0.25, -0.2) is 0 Å². The number of carboxylic acids is 2. The van der Waals surface area contributed by atoms with Crippen molar-refractivity contribution in [3.63, 3.8) is 0 Å². The normalized spacial score (nSPS) is 5.50. The van der Waals surface area contributed by atoms with Gasteiger partial charge in [0.25, 0.3) is 0 Å². The minimum absolute atomic E-state index is 0. The van der Waals surface area contributed by atoms with Gasteiger partial charge < -0.3 is 26.0 Å². The number of hydrogen-bond donors (Lipinski definition) is 1. The maximum absolute atomic E-state index is 8.93. The summed E-state index contributed by atoms with van der Waals surface area (Å²) in [4.78, 5) is 17.9. The minimum atomic E-state index is -2.19. The molecule has 0 radical (unpaired) electrons. The fraction of sp³-hybridized carbons (Fsp3) is 0. The van der Waals surface area contributed by atoms with E-state index in [2.05, 4.69) is 0 Å². The zero-order chi connectivity index (χ0) is 5.15. The molecule has 0 heterocycles. The molecule has 0 atom stereocenters. The van der Waals surface area contributed by atoms with E-state index in [1.807, 2.05) is 0 Å². The summed E-state index contributed by atoms with van der Waals surface area (Å²) in [6.45, 7) is 0. The molecule has 0 bridgehead atoms. The van der Waals surface area contributed by atoms with E-state index in [4.69, 9.17) is 19.8 Å². The van der Waals surface area contributed by atoms with Crippen LogP contribution in [0.1, 0.15) is 0 Å². The fourth-order valence-corrected chi connectivity index (χ4v) is 0. The van der Waals surface area contributed by atoms with Gasteiger partial charge in [-0.05, 0) is 0 Å². The average molecular weight is 285 g/mol. The van der Waals surface area contributed by atoms with E-state index in [9.17, 15) is 0 Å². The number of carboxylic acid groups (broad SMARTS) is 2.